The summed E-state index contributed by atoms with van der Waals surface area (Å²) >= 11 is 0. The molecule has 0 unspecified atom stereocenters. The lowest BCUT2D eigenvalue weighted by Gasteiger charge is -2.26. The number of fused-ring (bicyclic) bond motifs is 2. The summed E-state index contributed by atoms with van der Waals surface area (Å²) in [6.07, 6.45) is 0. The van der Waals surface area contributed by atoms with Crippen LogP contribution in [0.1, 0.15) is 0 Å². The summed E-state index contributed by atoms with van der Waals surface area (Å²) in [5, 5.41) is 3.23. The van der Waals surface area contributed by atoms with Crippen molar-refractivity contribution >= 4 is 54.4 Å². The van der Waals surface area contributed by atoms with E-state index in [4.69, 9.17) is 0 Å². The summed E-state index contributed by atoms with van der Waals surface area (Å²) in [7, 11) is -9.55. The average Bonchev–Trinajstić information content (AvgIpc) is 3.00. The van der Waals surface area contributed by atoms with Gasteiger partial charge in [-0.1, -0.05) is 121 Å². The molecule has 0 fully saturated rings. The van der Waals surface area contributed by atoms with E-state index in [9.17, 15) is 21.6 Å². The number of rotatable bonds is 5. The third kappa shape index (κ3) is 4.37. The first-order chi connectivity index (χ1) is 19.6. The van der Waals surface area contributed by atoms with Crippen molar-refractivity contribution in [2.24, 2.45) is 0 Å². The fourth-order valence-corrected chi connectivity index (χ4v) is 9.19. The molecule has 0 amide bonds. The van der Waals surface area contributed by atoms with Crippen LogP contribution >= 0.6 is 7.14 Å². The van der Waals surface area contributed by atoms with Gasteiger partial charge in [0.25, 0.3) is 9.84 Å². The van der Waals surface area contributed by atoms with E-state index < -0.39 is 27.4 Å². The lowest BCUT2D eigenvalue weighted by atomic mass is 9.94. The van der Waals surface area contributed by atoms with E-state index in [2.05, 4.69) is 0 Å². The van der Waals surface area contributed by atoms with E-state index in [1.807, 2.05) is 0 Å². The maximum Gasteiger partial charge on any atom is 0.501 e. The average molecular weight is 587 g/mol. The van der Waals surface area contributed by atoms with Crippen molar-refractivity contribution in [1.82, 2.24) is 0 Å². The number of hydrogen-bond acceptors (Lipinski definition) is 3. The highest BCUT2D eigenvalue weighted by Crippen LogP contribution is 2.50. The van der Waals surface area contributed by atoms with Crippen molar-refractivity contribution in [2.45, 2.75) is 10.4 Å². The van der Waals surface area contributed by atoms with Crippen molar-refractivity contribution in [3.8, 4) is 11.1 Å². The van der Waals surface area contributed by atoms with Gasteiger partial charge in [-0.3, -0.25) is 0 Å². The van der Waals surface area contributed by atoms with Gasteiger partial charge in [-0.2, -0.15) is 13.2 Å². The summed E-state index contributed by atoms with van der Waals surface area (Å²) in [6, 6.07) is 37.0. The van der Waals surface area contributed by atoms with Gasteiger partial charge >= 0.3 is 5.51 Å². The Morgan fingerprint density at radius 2 is 0.951 bits per heavy atom. The normalized spacial score (nSPS) is 12.6. The number of halogens is 3. The van der Waals surface area contributed by atoms with Crippen LogP contribution in [0.25, 0.3) is 32.7 Å². The molecule has 0 N–H and O–H groups in total. The molecule has 0 aliphatic carbocycles. The van der Waals surface area contributed by atoms with Gasteiger partial charge in [0.1, 0.15) is 0 Å². The largest absolute Gasteiger partial charge is 0.501 e. The third-order valence-electron chi connectivity index (χ3n) is 7.22. The predicted molar refractivity (Wildman–Crippen MR) is 160 cm³/mol. The van der Waals surface area contributed by atoms with Crippen molar-refractivity contribution in [3.05, 3.63) is 133 Å². The summed E-state index contributed by atoms with van der Waals surface area (Å²) < 4.78 is 84.3. The van der Waals surface area contributed by atoms with Crippen LogP contribution in [0.3, 0.4) is 0 Å². The molecule has 41 heavy (non-hydrogen) atoms. The zero-order valence-corrected chi connectivity index (χ0v) is 23.1. The highest BCUT2D eigenvalue weighted by atomic mass is 32.2. The molecular weight excluding hydrogens is 564 g/mol. The number of hydrogen-bond donors (Lipinski definition) is 0. The molecule has 3 nitrogen and oxygen atoms in total. The summed E-state index contributed by atoms with van der Waals surface area (Å²) in [4.78, 5) is -0.881. The van der Waals surface area contributed by atoms with Gasteiger partial charge in [-0.25, -0.2) is 8.42 Å². The van der Waals surface area contributed by atoms with E-state index in [-0.39, 0.29) is 16.4 Å². The molecule has 8 heteroatoms. The van der Waals surface area contributed by atoms with Gasteiger partial charge in [0.15, 0.2) is 7.14 Å². The zero-order chi connectivity index (χ0) is 28.8. The van der Waals surface area contributed by atoms with E-state index >= 15 is 4.57 Å². The lowest BCUT2D eigenvalue weighted by Crippen LogP contribution is -2.28. The van der Waals surface area contributed by atoms with Crippen LogP contribution in [0.5, 0.6) is 0 Å². The molecule has 204 valence electrons. The van der Waals surface area contributed by atoms with E-state index in [1.54, 1.807) is 121 Å². The van der Waals surface area contributed by atoms with Gasteiger partial charge in [-0.15, -0.1) is 0 Å². The van der Waals surface area contributed by atoms with Crippen LogP contribution in [-0.4, -0.2) is 13.9 Å². The Morgan fingerprint density at radius 3 is 1.46 bits per heavy atom. The fraction of sp³-hybridized carbons (Fsp3) is 0.0303. The first kappa shape index (κ1) is 27.0. The Labute approximate surface area is 235 Å². The summed E-state index contributed by atoms with van der Waals surface area (Å²) in [5.41, 5.74) is -5.48. The molecule has 0 bridgehead atoms. The van der Waals surface area contributed by atoms with Crippen LogP contribution in [-0.2, 0) is 14.4 Å². The first-order valence-electron chi connectivity index (χ1n) is 12.7. The zero-order valence-electron chi connectivity index (χ0n) is 21.4. The van der Waals surface area contributed by atoms with Crippen molar-refractivity contribution in [2.75, 3.05) is 0 Å². The van der Waals surface area contributed by atoms with Gasteiger partial charge in [-0.05, 0) is 33.7 Å². The Bertz CT molecular complexity index is 2030. The SMILES string of the molecule is O=P(c1ccccc1)(c1ccccc1)c1ccc2ccccc2c1-c1c(S(=O)(=O)C(F)(F)F)ccc2ccccc12. The smallest absolute Gasteiger partial charge is 0.309 e. The monoisotopic (exact) mass is 586 g/mol. The van der Waals surface area contributed by atoms with Crippen molar-refractivity contribution < 1.29 is 26.2 Å². The topological polar surface area (TPSA) is 51.2 Å². The number of alkyl halides is 3. The van der Waals surface area contributed by atoms with Crippen LogP contribution in [0, 0.1) is 0 Å². The Morgan fingerprint density at radius 1 is 0.512 bits per heavy atom. The molecule has 0 aromatic heterocycles. The molecule has 6 aromatic rings. The van der Waals surface area contributed by atoms with Crippen LogP contribution in [0.2, 0.25) is 0 Å². The Kier molecular flexibility index (Phi) is 6.60. The van der Waals surface area contributed by atoms with Gasteiger partial charge in [0, 0.05) is 27.0 Å². The second-order valence-corrected chi connectivity index (χ2v) is 14.2. The first-order valence-corrected chi connectivity index (χ1v) is 15.9. The Hall–Kier alpha value is -4.19. The number of sulfone groups is 1. The second-order valence-electron chi connectivity index (χ2n) is 9.57. The molecule has 0 saturated carbocycles. The van der Waals surface area contributed by atoms with E-state index in [0.717, 1.165) is 6.07 Å². The molecule has 0 aliphatic rings. The highest BCUT2D eigenvalue weighted by Gasteiger charge is 2.48. The minimum Gasteiger partial charge on any atom is -0.309 e. The molecule has 0 saturated heterocycles. The standard InChI is InChI=1S/C33H22F3O3PS/c34-33(35,36)41(38,39)30-22-20-24-12-8-10-18-28(24)32(30)31-27-17-9-7-11-23(27)19-21-29(31)40(37,25-13-3-1-4-14-25)26-15-5-2-6-16-26/h1-22H. The van der Waals surface area contributed by atoms with Gasteiger partial charge in [0.05, 0.1) is 4.90 Å². The van der Waals surface area contributed by atoms with E-state index in [1.165, 1.54) is 6.07 Å². The molecule has 0 radical (unpaired) electrons. The quantitative estimate of drug-likeness (QED) is 0.196. The third-order valence-corrected chi connectivity index (χ3v) is 11.9. The minimum absolute atomic E-state index is 0.126. The molecule has 0 heterocycles. The molecule has 0 aliphatic heterocycles. The fourth-order valence-electron chi connectivity index (χ4n) is 5.35. The molecule has 6 rings (SSSR count). The van der Waals surface area contributed by atoms with Crippen LogP contribution in [0.15, 0.2) is 138 Å². The van der Waals surface area contributed by atoms with Crippen LogP contribution < -0.4 is 15.9 Å². The molecule has 6 aromatic carbocycles. The predicted octanol–water partition coefficient (Wildman–Crippen LogP) is 7.59. The van der Waals surface area contributed by atoms with Gasteiger partial charge < -0.3 is 4.57 Å². The van der Waals surface area contributed by atoms with Gasteiger partial charge in [0.2, 0.25) is 0 Å². The highest BCUT2D eigenvalue weighted by molar-refractivity contribution is 7.92. The molecule has 0 atom stereocenters. The van der Waals surface area contributed by atoms with Crippen molar-refractivity contribution in [1.29, 1.82) is 0 Å². The second kappa shape index (κ2) is 10.0. The molecule has 0 spiro atoms. The Balaban J connectivity index is 1.87. The maximum atomic E-state index is 15.6. The van der Waals surface area contributed by atoms with Crippen LogP contribution in [0.4, 0.5) is 13.2 Å². The van der Waals surface area contributed by atoms with Crippen molar-refractivity contribution in [3.63, 3.8) is 0 Å². The number of benzene rings is 6. The maximum absolute atomic E-state index is 15.6. The van der Waals surface area contributed by atoms with E-state index in [0.29, 0.717) is 32.2 Å². The summed E-state index contributed by atoms with van der Waals surface area (Å²) in [5.74, 6) is 0. The summed E-state index contributed by atoms with van der Waals surface area (Å²) in [6.45, 7) is 0. The lowest BCUT2D eigenvalue weighted by molar-refractivity contribution is -0.0435. The minimum atomic E-state index is -5.80. The molecular formula is C33H22F3O3PS.